The Balaban J connectivity index is 1.99. The van der Waals surface area contributed by atoms with Crippen molar-refractivity contribution in [2.75, 3.05) is 6.61 Å². The van der Waals surface area contributed by atoms with Gasteiger partial charge in [0.25, 0.3) is 5.91 Å². The second-order valence-electron chi connectivity index (χ2n) is 4.42. The van der Waals surface area contributed by atoms with Crippen LogP contribution < -0.4 is 10.5 Å². The molecule has 2 N–H and O–H groups in total. The van der Waals surface area contributed by atoms with Gasteiger partial charge < -0.3 is 10.5 Å². The summed E-state index contributed by atoms with van der Waals surface area (Å²) in [6.07, 6.45) is 1.78. The smallest absolute Gasteiger partial charge is 0.255 e. The van der Waals surface area contributed by atoms with Crippen LogP contribution in [0.1, 0.15) is 11.1 Å². The number of carbonyl (C=O) groups excluding carboxylic acids is 1. The van der Waals surface area contributed by atoms with Crippen LogP contribution in [0.5, 0.6) is 5.75 Å². The predicted molar refractivity (Wildman–Crippen MR) is 79.6 cm³/mol. The Kier molecular flexibility index (Phi) is 4.50. The van der Waals surface area contributed by atoms with Crippen molar-refractivity contribution in [1.29, 1.82) is 0 Å². The highest BCUT2D eigenvalue weighted by Crippen LogP contribution is 2.14. The largest absolute Gasteiger partial charge is 0.484 e. The minimum absolute atomic E-state index is 0.114. The van der Waals surface area contributed by atoms with Gasteiger partial charge in [-0.05, 0) is 48.9 Å². The minimum Gasteiger partial charge on any atom is -0.484 e. The van der Waals surface area contributed by atoms with Crippen molar-refractivity contribution in [1.82, 2.24) is 0 Å². The average Bonchev–Trinajstić information content (AvgIpc) is 2.45. The lowest BCUT2D eigenvalue weighted by Gasteiger charge is -2.03. The first-order valence-corrected chi connectivity index (χ1v) is 6.25. The van der Waals surface area contributed by atoms with Gasteiger partial charge in [-0.3, -0.25) is 9.79 Å². The van der Waals surface area contributed by atoms with E-state index in [1.807, 2.05) is 43.3 Å². The van der Waals surface area contributed by atoms with Gasteiger partial charge >= 0.3 is 0 Å². The predicted octanol–water partition coefficient (Wildman–Crippen LogP) is 2.61. The molecule has 4 heteroatoms. The zero-order valence-corrected chi connectivity index (χ0v) is 11.2. The van der Waals surface area contributed by atoms with E-state index in [0.29, 0.717) is 5.75 Å². The van der Waals surface area contributed by atoms with Crippen molar-refractivity contribution < 1.29 is 9.53 Å². The van der Waals surface area contributed by atoms with Crippen LogP contribution >= 0.6 is 0 Å². The molecule has 2 aromatic rings. The van der Waals surface area contributed by atoms with Gasteiger partial charge in [0.2, 0.25) is 0 Å². The molecular formula is C16H16N2O2. The fourth-order valence-corrected chi connectivity index (χ4v) is 1.58. The summed E-state index contributed by atoms with van der Waals surface area (Å²) in [5.41, 5.74) is 8.08. The maximum atomic E-state index is 10.6. The van der Waals surface area contributed by atoms with E-state index >= 15 is 0 Å². The van der Waals surface area contributed by atoms with E-state index in [2.05, 4.69) is 4.99 Å². The number of aliphatic imine (C=N–C) groups is 1. The summed E-state index contributed by atoms with van der Waals surface area (Å²) in [5.74, 6) is 0.117. The molecule has 102 valence electrons. The van der Waals surface area contributed by atoms with E-state index in [1.54, 1.807) is 18.3 Å². The zero-order valence-electron chi connectivity index (χ0n) is 11.2. The number of primary amides is 1. The third-order valence-corrected chi connectivity index (χ3v) is 2.66. The minimum atomic E-state index is -0.491. The first-order valence-electron chi connectivity index (χ1n) is 6.25. The molecular weight excluding hydrogens is 252 g/mol. The molecule has 4 nitrogen and oxygen atoms in total. The molecule has 2 aromatic carbocycles. The number of ether oxygens (including phenoxy) is 1. The van der Waals surface area contributed by atoms with Crippen molar-refractivity contribution in [3.63, 3.8) is 0 Å². The SMILES string of the molecule is Cc1ccc(N=Cc2ccc(OCC(N)=O)cc2)cc1. The Morgan fingerprint density at radius 1 is 1.15 bits per heavy atom. The fourth-order valence-electron chi connectivity index (χ4n) is 1.58. The highest BCUT2D eigenvalue weighted by atomic mass is 16.5. The van der Waals surface area contributed by atoms with E-state index in [1.165, 1.54) is 5.56 Å². The van der Waals surface area contributed by atoms with Crippen LogP contribution in [0, 0.1) is 6.92 Å². The van der Waals surface area contributed by atoms with Crippen LogP contribution in [-0.4, -0.2) is 18.7 Å². The van der Waals surface area contributed by atoms with E-state index in [4.69, 9.17) is 10.5 Å². The number of aryl methyl sites for hydroxylation is 1. The Bertz CT molecular complexity index is 601. The molecule has 0 aliphatic carbocycles. The molecule has 0 spiro atoms. The summed E-state index contributed by atoms with van der Waals surface area (Å²) in [5, 5.41) is 0. The third kappa shape index (κ3) is 4.24. The van der Waals surface area contributed by atoms with E-state index in [-0.39, 0.29) is 6.61 Å². The number of hydrogen-bond acceptors (Lipinski definition) is 3. The maximum absolute atomic E-state index is 10.6. The van der Waals surface area contributed by atoms with Gasteiger partial charge in [0.15, 0.2) is 6.61 Å². The summed E-state index contributed by atoms with van der Waals surface area (Å²) < 4.78 is 5.18. The Hall–Kier alpha value is -2.62. The highest BCUT2D eigenvalue weighted by molar-refractivity contribution is 5.82. The summed E-state index contributed by atoms with van der Waals surface area (Å²) >= 11 is 0. The Morgan fingerprint density at radius 2 is 1.80 bits per heavy atom. The third-order valence-electron chi connectivity index (χ3n) is 2.66. The molecule has 20 heavy (non-hydrogen) atoms. The van der Waals surface area contributed by atoms with Gasteiger partial charge in [-0.2, -0.15) is 0 Å². The summed E-state index contributed by atoms with van der Waals surface area (Å²) in [7, 11) is 0. The molecule has 0 unspecified atom stereocenters. The van der Waals surface area contributed by atoms with E-state index in [0.717, 1.165) is 11.3 Å². The average molecular weight is 268 g/mol. The number of rotatable bonds is 5. The van der Waals surface area contributed by atoms with Crippen LogP contribution in [-0.2, 0) is 4.79 Å². The fraction of sp³-hybridized carbons (Fsp3) is 0.125. The molecule has 0 bridgehead atoms. The van der Waals surface area contributed by atoms with E-state index in [9.17, 15) is 4.79 Å². The first-order chi connectivity index (χ1) is 9.63. The molecule has 0 aliphatic rings. The van der Waals surface area contributed by atoms with Crippen LogP contribution in [0.3, 0.4) is 0 Å². The number of amides is 1. The summed E-state index contributed by atoms with van der Waals surface area (Å²) in [6, 6.07) is 15.3. The van der Waals surface area contributed by atoms with Gasteiger partial charge in [0.1, 0.15) is 5.75 Å². The molecule has 0 radical (unpaired) electrons. The van der Waals surface area contributed by atoms with Crippen molar-refractivity contribution in [2.45, 2.75) is 6.92 Å². The second-order valence-corrected chi connectivity index (χ2v) is 4.42. The molecule has 0 saturated carbocycles. The second kappa shape index (κ2) is 6.52. The maximum Gasteiger partial charge on any atom is 0.255 e. The molecule has 2 rings (SSSR count). The molecule has 0 aliphatic heterocycles. The summed E-state index contributed by atoms with van der Waals surface area (Å²) in [6.45, 7) is 1.93. The molecule has 0 heterocycles. The van der Waals surface area contributed by atoms with Gasteiger partial charge in [-0.15, -0.1) is 0 Å². The molecule has 0 aromatic heterocycles. The quantitative estimate of drug-likeness (QED) is 0.847. The van der Waals surface area contributed by atoms with Crippen molar-refractivity contribution in [2.24, 2.45) is 10.7 Å². The van der Waals surface area contributed by atoms with Gasteiger partial charge in [-0.25, -0.2) is 0 Å². The van der Waals surface area contributed by atoms with Crippen molar-refractivity contribution >= 4 is 17.8 Å². The van der Waals surface area contributed by atoms with E-state index < -0.39 is 5.91 Å². The Labute approximate surface area is 117 Å². The van der Waals surface area contributed by atoms with Crippen molar-refractivity contribution in [3.8, 4) is 5.75 Å². The summed E-state index contributed by atoms with van der Waals surface area (Å²) in [4.78, 5) is 15.0. The molecule has 0 atom stereocenters. The highest BCUT2D eigenvalue weighted by Gasteiger charge is 1.97. The first kappa shape index (κ1) is 13.8. The molecule has 1 amide bonds. The topological polar surface area (TPSA) is 64.7 Å². The zero-order chi connectivity index (χ0) is 14.4. The number of nitrogens with two attached hydrogens (primary N) is 1. The lowest BCUT2D eigenvalue weighted by atomic mass is 10.2. The lowest BCUT2D eigenvalue weighted by Crippen LogP contribution is -2.19. The van der Waals surface area contributed by atoms with Gasteiger partial charge in [0.05, 0.1) is 5.69 Å². The monoisotopic (exact) mass is 268 g/mol. The number of nitrogens with zero attached hydrogens (tertiary/aromatic N) is 1. The number of carbonyl (C=O) groups is 1. The van der Waals surface area contributed by atoms with Crippen molar-refractivity contribution in [3.05, 3.63) is 59.7 Å². The van der Waals surface area contributed by atoms with Crippen LogP contribution in [0.25, 0.3) is 0 Å². The van der Waals surface area contributed by atoms with Crippen LogP contribution in [0.15, 0.2) is 53.5 Å². The molecule has 0 saturated heterocycles. The molecule has 0 fully saturated rings. The normalized spacial score (nSPS) is 10.7. The number of hydrogen-bond donors (Lipinski definition) is 1. The van der Waals surface area contributed by atoms with Crippen LogP contribution in [0.2, 0.25) is 0 Å². The lowest BCUT2D eigenvalue weighted by molar-refractivity contribution is -0.119. The standard InChI is InChI=1S/C16H16N2O2/c1-12-2-6-14(7-3-12)18-10-13-4-8-15(9-5-13)20-11-16(17)19/h2-10H,11H2,1H3,(H2,17,19). The van der Waals surface area contributed by atoms with Crippen LogP contribution in [0.4, 0.5) is 5.69 Å². The number of benzene rings is 2. The van der Waals surface area contributed by atoms with Gasteiger partial charge in [-0.1, -0.05) is 17.7 Å². The Morgan fingerprint density at radius 3 is 2.40 bits per heavy atom. The van der Waals surface area contributed by atoms with Gasteiger partial charge in [0, 0.05) is 6.21 Å².